The Hall–Kier alpha value is -2.67. The van der Waals surface area contributed by atoms with Crippen LogP contribution >= 0.6 is 0 Å². The van der Waals surface area contributed by atoms with Gasteiger partial charge in [0, 0.05) is 6.54 Å². The lowest BCUT2D eigenvalue weighted by molar-refractivity contribution is -0.177. The highest BCUT2D eigenvalue weighted by Crippen LogP contribution is 2.43. The number of esters is 3. The van der Waals surface area contributed by atoms with Crippen molar-refractivity contribution >= 4 is 17.9 Å². The average molecular weight is 375 g/mol. The largest absolute Gasteiger partial charge is 0.465 e. The van der Waals surface area contributed by atoms with E-state index >= 15 is 0 Å². The van der Waals surface area contributed by atoms with Gasteiger partial charge in [0.05, 0.1) is 13.2 Å². The molecule has 1 unspecified atom stereocenters. The smallest absolute Gasteiger partial charge is 0.330 e. The van der Waals surface area contributed by atoms with Crippen LogP contribution in [0.4, 0.5) is 0 Å². The first kappa shape index (κ1) is 20.6. The fourth-order valence-electron chi connectivity index (χ4n) is 3.29. The van der Waals surface area contributed by atoms with Gasteiger partial charge < -0.3 is 14.2 Å². The maximum Gasteiger partial charge on any atom is 0.330 e. The topological polar surface area (TPSA) is 82.1 Å². The summed E-state index contributed by atoms with van der Waals surface area (Å²) in [4.78, 5) is 40.1. The molecule has 0 aromatic heterocycles. The summed E-state index contributed by atoms with van der Waals surface area (Å²) in [6, 6.07) is 7.93. The molecule has 1 atom stereocenters. The van der Waals surface area contributed by atoms with Gasteiger partial charge in [-0.15, -0.1) is 0 Å². The van der Waals surface area contributed by atoms with E-state index in [0.717, 1.165) is 5.56 Å². The molecule has 1 aliphatic rings. The molecule has 0 amide bonds. The zero-order valence-electron chi connectivity index (χ0n) is 15.9. The predicted octanol–water partition coefficient (Wildman–Crippen LogP) is 1.71. The molecule has 0 bridgehead atoms. The van der Waals surface area contributed by atoms with Gasteiger partial charge >= 0.3 is 17.9 Å². The van der Waals surface area contributed by atoms with Crippen molar-refractivity contribution in [3.8, 4) is 0 Å². The number of carbonyl (C=O) groups excluding carboxylic acids is 3. The second-order valence-corrected chi connectivity index (χ2v) is 6.26. The monoisotopic (exact) mass is 375 g/mol. The number of hydrogen-bond acceptors (Lipinski definition) is 7. The van der Waals surface area contributed by atoms with Gasteiger partial charge in [-0.1, -0.05) is 36.9 Å². The lowest BCUT2D eigenvalue weighted by Gasteiger charge is -2.31. The molecule has 7 nitrogen and oxygen atoms in total. The zero-order valence-corrected chi connectivity index (χ0v) is 15.9. The summed E-state index contributed by atoms with van der Waals surface area (Å²) in [6.45, 7) is 7.43. The van der Waals surface area contributed by atoms with E-state index in [1.165, 1.54) is 0 Å². The number of ether oxygens (including phenoxy) is 3. The molecule has 146 valence electrons. The summed E-state index contributed by atoms with van der Waals surface area (Å²) < 4.78 is 15.7. The van der Waals surface area contributed by atoms with Crippen LogP contribution in [0.15, 0.2) is 42.5 Å². The van der Waals surface area contributed by atoms with Crippen molar-refractivity contribution in [1.82, 2.24) is 4.90 Å². The van der Waals surface area contributed by atoms with Crippen LogP contribution in [-0.4, -0.2) is 55.7 Å². The van der Waals surface area contributed by atoms with Gasteiger partial charge in [-0.25, -0.2) is 0 Å². The van der Waals surface area contributed by atoms with Gasteiger partial charge in [0.25, 0.3) is 0 Å². The molecule has 0 aliphatic carbocycles. The van der Waals surface area contributed by atoms with Crippen molar-refractivity contribution < 1.29 is 28.6 Å². The molecule has 7 heteroatoms. The molecule has 0 radical (unpaired) electrons. The number of benzene rings is 1. The maximum atomic E-state index is 12.9. The molecule has 1 fully saturated rings. The number of likely N-dealkylation sites (tertiary alicyclic amines) is 1. The Balaban J connectivity index is 2.36. The van der Waals surface area contributed by atoms with Crippen LogP contribution < -0.4 is 0 Å². The average Bonchev–Trinajstić information content (AvgIpc) is 2.92. The molecular weight excluding hydrogens is 350 g/mol. The van der Waals surface area contributed by atoms with Gasteiger partial charge in [0.1, 0.15) is 12.6 Å². The number of nitrogens with zero attached hydrogens (tertiary/aromatic N) is 1. The van der Waals surface area contributed by atoms with Crippen LogP contribution in [-0.2, 0) is 35.2 Å². The van der Waals surface area contributed by atoms with E-state index in [9.17, 15) is 14.4 Å². The van der Waals surface area contributed by atoms with Crippen molar-refractivity contribution in [2.45, 2.75) is 26.5 Å². The SMILES string of the molecule is C=C1CN(C)C(C(=O)OCc2ccccc2)C1(C(=O)OCC)C(=O)OCC. The third-order valence-corrected chi connectivity index (χ3v) is 4.49. The zero-order chi connectivity index (χ0) is 20.0. The lowest BCUT2D eigenvalue weighted by Crippen LogP contribution is -2.55. The number of hydrogen-bond donors (Lipinski definition) is 0. The highest BCUT2D eigenvalue weighted by atomic mass is 16.6. The molecule has 1 aromatic rings. The van der Waals surface area contributed by atoms with Crippen LogP contribution in [0.5, 0.6) is 0 Å². The minimum atomic E-state index is -1.94. The summed E-state index contributed by atoms with van der Waals surface area (Å²) in [5, 5.41) is 0. The molecule has 1 aromatic carbocycles. The first-order chi connectivity index (χ1) is 12.9. The van der Waals surface area contributed by atoms with E-state index in [4.69, 9.17) is 14.2 Å². The van der Waals surface area contributed by atoms with E-state index in [-0.39, 0.29) is 31.9 Å². The van der Waals surface area contributed by atoms with Gasteiger partial charge in [-0.2, -0.15) is 0 Å². The molecule has 0 spiro atoms. The Morgan fingerprint density at radius 2 is 1.63 bits per heavy atom. The number of rotatable bonds is 7. The van der Waals surface area contributed by atoms with Gasteiger partial charge in [0.2, 0.25) is 5.41 Å². The second-order valence-electron chi connectivity index (χ2n) is 6.26. The van der Waals surface area contributed by atoms with Crippen LogP contribution in [0.1, 0.15) is 19.4 Å². The quantitative estimate of drug-likeness (QED) is 0.311. The molecule has 1 heterocycles. The second kappa shape index (κ2) is 8.81. The summed E-state index contributed by atoms with van der Waals surface area (Å²) >= 11 is 0. The summed E-state index contributed by atoms with van der Waals surface area (Å²) in [6.07, 6.45) is 0. The van der Waals surface area contributed by atoms with Crippen LogP contribution in [0.2, 0.25) is 0 Å². The van der Waals surface area contributed by atoms with Crippen molar-refractivity contribution in [2.24, 2.45) is 5.41 Å². The van der Waals surface area contributed by atoms with Crippen LogP contribution in [0, 0.1) is 5.41 Å². The Morgan fingerprint density at radius 3 is 2.15 bits per heavy atom. The van der Waals surface area contributed by atoms with E-state index in [1.807, 2.05) is 30.3 Å². The van der Waals surface area contributed by atoms with Crippen molar-refractivity contribution in [3.63, 3.8) is 0 Å². The summed E-state index contributed by atoms with van der Waals surface area (Å²) in [5.41, 5.74) is -0.888. The summed E-state index contributed by atoms with van der Waals surface area (Å²) in [7, 11) is 1.62. The molecule has 1 saturated heterocycles. The molecule has 0 N–H and O–H groups in total. The van der Waals surface area contributed by atoms with Crippen LogP contribution in [0.3, 0.4) is 0 Å². The first-order valence-electron chi connectivity index (χ1n) is 8.83. The lowest BCUT2D eigenvalue weighted by atomic mass is 9.77. The standard InChI is InChI=1S/C20H25NO6/c1-5-25-18(23)20(19(24)26-6-2)14(3)12-21(4)16(20)17(22)27-13-15-10-8-7-9-11-15/h7-11,16H,3,5-6,12-13H2,1-2,4H3. The minimum Gasteiger partial charge on any atom is -0.465 e. The van der Waals surface area contributed by atoms with E-state index in [2.05, 4.69) is 6.58 Å². The van der Waals surface area contributed by atoms with Gasteiger partial charge in [-0.3, -0.25) is 19.3 Å². The molecule has 1 aliphatic heterocycles. The normalized spacial score (nSPS) is 18.8. The Morgan fingerprint density at radius 1 is 1.07 bits per heavy atom. The number of likely N-dealkylation sites (N-methyl/N-ethyl adjacent to an activating group) is 1. The van der Waals surface area contributed by atoms with E-state index in [0.29, 0.717) is 0 Å². The first-order valence-corrected chi connectivity index (χ1v) is 8.83. The molecule has 0 saturated carbocycles. The van der Waals surface area contributed by atoms with E-state index in [1.54, 1.807) is 25.8 Å². The fourth-order valence-corrected chi connectivity index (χ4v) is 3.29. The van der Waals surface area contributed by atoms with E-state index < -0.39 is 29.4 Å². The fraction of sp³-hybridized carbons (Fsp3) is 0.450. The maximum absolute atomic E-state index is 12.9. The van der Waals surface area contributed by atoms with Crippen molar-refractivity contribution in [3.05, 3.63) is 48.0 Å². The minimum absolute atomic E-state index is 0.0260. The Labute approximate surface area is 158 Å². The van der Waals surface area contributed by atoms with Gasteiger partial charge in [-0.05, 0) is 32.0 Å². The molecule has 2 rings (SSSR count). The molecule has 27 heavy (non-hydrogen) atoms. The summed E-state index contributed by atoms with van der Waals surface area (Å²) in [5.74, 6) is -2.40. The number of carbonyl (C=O) groups is 3. The van der Waals surface area contributed by atoms with Gasteiger partial charge in [0.15, 0.2) is 0 Å². The third-order valence-electron chi connectivity index (χ3n) is 4.49. The Bertz CT molecular complexity index is 696. The highest BCUT2D eigenvalue weighted by Gasteiger charge is 2.65. The predicted molar refractivity (Wildman–Crippen MR) is 97.5 cm³/mol. The van der Waals surface area contributed by atoms with Crippen LogP contribution in [0.25, 0.3) is 0 Å². The molecular formula is C20H25NO6. The van der Waals surface area contributed by atoms with Crippen molar-refractivity contribution in [1.29, 1.82) is 0 Å². The van der Waals surface area contributed by atoms with Crippen molar-refractivity contribution in [2.75, 3.05) is 26.8 Å². The Kier molecular flexibility index (Phi) is 6.74. The third kappa shape index (κ3) is 3.88. The highest BCUT2D eigenvalue weighted by molar-refractivity contribution is 6.09.